The Morgan fingerprint density at radius 3 is 1.40 bits per heavy atom. The molecular formula is C9H12O6. The Kier molecular flexibility index (Phi) is 7.49. The van der Waals surface area contributed by atoms with Crippen LogP contribution in [0.15, 0.2) is 23.8 Å². The second-order valence-electron chi connectivity index (χ2n) is 2.56. The van der Waals surface area contributed by atoms with Crippen molar-refractivity contribution in [3.63, 3.8) is 0 Å². The normalized spacial score (nSPS) is 9.60. The van der Waals surface area contributed by atoms with Crippen molar-refractivity contribution in [2.75, 3.05) is 0 Å². The Hall–Kier alpha value is -2.11. The number of aliphatic carboxylic acids is 3. The molecule has 0 radical (unpaired) electrons. The summed E-state index contributed by atoms with van der Waals surface area (Å²) in [6.45, 7) is 5.82. The molecule has 0 bridgehead atoms. The van der Waals surface area contributed by atoms with Crippen LogP contribution in [0.4, 0.5) is 0 Å². The third kappa shape index (κ3) is 11.9. The average Bonchev–Trinajstić information content (AvgIpc) is 2.03. The van der Waals surface area contributed by atoms with Gasteiger partial charge in [0.1, 0.15) is 0 Å². The van der Waals surface area contributed by atoms with E-state index in [4.69, 9.17) is 15.3 Å². The molecule has 3 N–H and O–H groups in total. The largest absolute Gasteiger partial charge is 0.478 e. The zero-order valence-corrected chi connectivity index (χ0v) is 8.35. The Bertz CT molecular complexity index is 301. The molecule has 0 atom stereocenters. The molecule has 0 aliphatic heterocycles. The highest BCUT2D eigenvalue weighted by Crippen LogP contribution is 1.89. The molecule has 0 fully saturated rings. The summed E-state index contributed by atoms with van der Waals surface area (Å²) in [5, 5.41) is 24.0. The molecule has 0 unspecified atom stereocenters. The van der Waals surface area contributed by atoms with Crippen LogP contribution in [0.5, 0.6) is 0 Å². The highest BCUT2D eigenvalue weighted by atomic mass is 16.4. The van der Waals surface area contributed by atoms with E-state index in [9.17, 15) is 14.4 Å². The lowest BCUT2D eigenvalue weighted by molar-refractivity contribution is -0.135. The molecule has 0 aliphatic rings. The summed E-state index contributed by atoms with van der Waals surface area (Å²) in [7, 11) is 0. The molecule has 6 heteroatoms. The van der Waals surface area contributed by atoms with Crippen LogP contribution in [0.3, 0.4) is 0 Å². The van der Waals surface area contributed by atoms with E-state index in [0.717, 1.165) is 0 Å². The first-order valence-corrected chi connectivity index (χ1v) is 3.71. The molecule has 0 aliphatic carbocycles. The van der Waals surface area contributed by atoms with E-state index in [2.05, 4.69) is 6.58 Å². The third-order valence-electron chi connectivity index (χ3n) is 1.04. The second kappa shape index (κ2) is 7.31. The summed E-state index contributed by atoms with van der Waals surface area (Å²) >= 11 is 0. The Morgan fingerprint density at radius 1 is 1.00 bits per heavy atom. The van der Waals surface area contributed by atoms with Gasteiger partial charge in [0.25, 0.3) is 0 Å². The third-order valence-corrected chi connectivity index (χ3v) is 1.04. The minimum atomic E-state index is -1.24. The molecule has 6 nitrogen and oxygen atoms in total. The summed E-state index contributed by atoms with van der Waals surface area (Å²) in [5.74, 6) is -3.39. The van der Waals surface area contributed by atoms with Gasteiger partial charge in [-0.25, -0.2) is 14.4 Å². The predicted octanol–water partition coefficient (Wildman–Crippen LogP) is 0.749. The maximum absolute atomic E-state index is 9.90. The zero-order valence-electron chi connectivity index (χ0n) is 8.35. The van der Waals surface area contributed by atoms with Crippen LogP contribution < -0.4 is 0 Å². The maximum Gasteiger partial charge on any atom is 0.331 e. The van der Waals surface area contributed by atoms with Gasteiger partial charge in [0.2, 0.25) is 0 Å². The van der Waals surface area contributed by atoms with Crippen LogP contribution in [-0.2, 0) is 14.4 Å². The van der Waals surface area contributed by atoms with Gasteiger partial charge in [0.15, 0.2) is 0 Å². The van der Waals surface area contributed by atoms with Gasteiger partial charge in [-0.1, -0.05) is 6.58 Å². The highest BCUT2D eigenvalue weighted by Gasteiger charge is 2.00. The van der Waals surface area contributed by atoms with E-state index >= 15 is 0 Å². The molecule has 0 saturated heterocycles. The van der Waals surface area contributed by atoms with E-state index in [0.29, 0.717) is 6.08 Å². The number of carboxylic acid groups (broad SMARTS) is 3. The quantitative estimate of drug-likeness (QED) is 0.600. The molecular weight excluding hydrogens is 204 g/mol. The van der Waals surface area contributed by atoms with E-state index in [-0.39, 0.29) is 11.1 Å². The molecule has 15 heavy (non-hydrogen) atoms. The molecule has 0 aromatic rings. The van der Waals surface area contributed by atoms with Crippen molar-refractivity contribution in [2.45, 2.75) is 13.8 Å². The lowest BCUT2D eigenvalue weighted by Gasteiger charge is -1.86. The van der Waals surface area contributed by atoms with Crippen LogP contribution in [-0.4, -0.2) is 33.2 Å². The van der Waals surface area contributed by atoms with Crippen molar-refractivity contribution in [3.8, 4) is 0 Å². The van der Waals surface area contributed by atoms with Gasteiger partial charge < -0.3 is 15.3 Å². The van der Waals surface area contributed by atoms with Gasteiger partial charge in [0, 0.05) is 17.2 Å². The summed E-state index contributed by atoms with van der Waals surface area (Å²) < 4.78 is 0. The van der Waals surface area contributed by atoms with Crippen LogP contribution in [0.1, 0.15) is 13.8 Å². The lowest BCUT2D eigenvalue weighted by Crippen LogP contribution is -1.99. The van der Waals surface area contributed by atoms with Gasteiger partial charge >= 0.3 is 17.9 Å². The SMILES string of the molecule is C/C(=C/C(=O)O)C(=O)O.C=C(C)C(=O)O. The average molecular weight is 216 g/mol. The molecule has 0 aromatic carbocycles. The van der Waals surface area contributed by atoms with Crippen molar-refractivity contribution >= 4 is 17.9 Å². The van der Waals surface area contributed by atoms with Crippen molar-refractivity contribution in [1.82, 2.24) is 0 Å². The maximum atomic E-state index is 9.90. The number of rotatable bonds is 3. The monoisotopic (exact) mass is 216 g/mol. The molecule has 0 amide bonds. The van der Waals surface area contributed by atoms with Crippen LogP contribution >= 0.6 is 0 Å². The summed E-state index contributed by atoms with van der Waals surface area (Å²) in [4.78, 5) is 29.3. The van der Waals surface area contributed by atoms with Crippen LogP contribution in [0.25, 0.3) is 0 Å². The molecule has 0 spiro atoms. The van der Waals surface area contributed by atoms with Gasteiger partial charge in [0.05, 0.1) is 0 Å². The second-order valence-corrected chi connectivity index (χ2v) is 2.56. The number of carboxylic acids is 3. The zero-order chi connectivity index (χ0) is 12.6. The van der Waals surface area contributed by atoms with Gasteiger partial charge in [-0.2, -0.15) is 0 Å². The van der Waals surface area contributed by atoms with Crippen molar-refractivity contribution in [3.05, 3.63) is 23.8 Å². The van der Waals surface area contributed by atoms with Crippen molar-refractivity contribution < 1.29 is 29.7 Å². The molecule has 0 rings (SSSR count). The molecule has 0 aromatic heterocycles. The fourth-order valence-electron chi connectivity index (χ4n) is 0.247. The van der Waals surface area contributed by atoms with E-state index in [1.807, 2.05) is 0 Å². The molecule has 0 heterocycles. The summed E-state index contributed by atoms with van der Waals surface area (Å²) in [6.07, 6.45) is 0.641. The Morgan fingerprint density at radius 2 is 1.33 bits per heavy atom. The first kappa shape index (κ1) is 15.4. The van der Waals surface area contributed by atoms with Gasteiger partial charge in [-0.05, 0) is 13.8 Å². The van der Waals surface area contributed by atoms with Crippen molar-refractivity contribution in [2.24, 2.45) is 0 Å². The standard InChI is InChI=1S/C5H6O4.C4H6O2/c1-3(5(8)9)2-4(6)7;1-3(2)4(5)6/h2H,1H3,(H,6,7)(H,8,9);1H2,2H3,(H,5,6)/b3-2-;. The van der Waals surface area contributed by atoms with E-state index < -0.39 is 17.9 Å². The predicted molar refractivity (Wildman–Crippen MR) is 51.5 cm³/mol. The molecule has 0 saturated carbocycles. The first-order chi connectivity index (χ1) is 6.68. The van der Waals surface area contributed by atoms with Crippen LogP contribution in [0, 0.1) is 0 Å². The summed E-state index contributed by atoms with van der Waals surface area (Å²) in [6, 6.07) is 0. The smallest absolute Gasteiger partial charge is 0.331 e. The minimum absolute atomic E-state index is 0.176. The lowest BCUT2D eigenvalue weighted by atomic mass is 10.3. The van der Waals surface area contributed by atoms with E-state index in [1.165, 1.54) is 13.8 Å². The first-order valence-electron chi connectivity index (χ1n) is 3.71. The topological polar surface area (TPSA) is 112 Å². The Balaban J connectivity index is 0. The molecule has 84 valence electrons. The fourth-order valence-corrected chi connectivity index (χ4v) is 0.247. The van der Waals surface area contributed by atoms with Crippen LogP contribution in [0.2, 0.25) is 0 Å². The Labute approximate surface area is 86.2 Å². The highest BCUT2D eigenvalue weighted by molar-refractivity contribution is 5.94. The number of hydrogen-bond acceptors (Lipinski definition) is 3. The summed E-state index contributed by atoms with van der Waals surface area (Å²) in [5.41, 5.74) is -0.00231. The van der Waals surface area contributed by atoms with Crippen molar-refractivity contribution in [1.29, 1.82) is 0 Å². The minimum Gasteiger partial charge on any atom is -0.478 e. The van der Waals surface area contributed by atoms with Gasteiger partial charge in [-0.15, -0.1) is 0 Å². The van der Waals surface area contributed by atoms with E-state index in [1.54, 1.807) is 0 Å². The fraction of sp³-hybridized carbons (Fsp3) is 0.222. The number of hydrogen-bond donors (Lipinski definition) is 3. The van der Waals surface area contributed by atoms with Gasteiger partial charge in [-0.3, -0.25) is 0 Å². The number of carbonyl (C=O) groups is 3.